The Morgan fingerprint density at radius 1 is 1.43 bits per heavy atom. The van der Waals surface area contributed by atoms with Crippen LogP contribution >= 0.6 is 0 Å². The molecule has 1 aliphatic rings. The lowest BCUT2D eigenvalue weighted by Gasteiger charge is -2.29. The van der Waals surface area contributed by atoms with E-state index in [-0.39, 0.29) is 5.91 Å². The second kappa shape index (κ2) is 3.82. The first kappa shape index (κ1) is 9.25. The molecule has 1 saturated heterocycles. The number of β-lactam (4-membered cyclic amide) rings is 1. The van der Waals surface area contributed by atoms with Gasteiger partial charge in [-0.1, -0.05) is 37.3 Å². The Morgan fingerprint density at radius 2 is 2.07 bits per heavy atom. The lowest BCUT2D eigenvalue weighted by atomic mass is 9.90. The van der Waals surface area contributed by atoms with E-state index in [9.17, 15) is 4.79 Å². The molecular weight excluding hydrogens is 174 g/mol. The summed E-state index contributed by atoms with van der Waals surface area (Å²) in [5.41, 5.74) is 1.36. The van der Waals surface area contributed by atoms with Crippen molar-refractivity contribution in [3.8, 4) is 0 Å². The largest absolute Gasteiger partial charge is 0.353 e. The van der Waals surface area contributed by atoms with Gasteiger partial charge in [0.25, 0.3) is 0 Å². The number of benzene rings is 1. The molecule has 1 aromatic carbocycles. The topological polar surface area (TPSA) is 29.1 Å². The van der Waals surface area contributed by atoms with E-state index in [0.717, 1.165) is 6.42 Å². The van der Waals surface area contributed by atoms with Gasteiger partial charge >= 0.3 is 0 Å². The molecule has 2 unspecified atom stereocenters. The maximum absolute atomic E-state index is 10.7. The van der Waals surface area contributed by atoms with Gasteiger partial charge in [-0.3, -0.25) is 4.79 Å². The third-order valence-electron chi connectivity index (χ3n) is 2.80. The molecule has 0 aromatic heterocycles. The summed E-state index contributed by atoms with van der Waals surface area (Å²) in [5, 5.41) is 2.90. The normalized spacial score (nSPS) is 22.4. The molecule has 74 valence electrons. The van der Waals surface area contributed by atoms with Gasteiger partial charge in [-0.25, -0.2) is 0 Å². The molecule has 1 amide bonds. The van der Waals surface area contributed by atoms with Crippen molar-refractivity contribution in [2.24, 2.45) is 0 Å². The minimum Gasteiger partial charge on any atom is -0.353 e. The Kier molecular flexibility index (Phi) is 2.53. The van der Waals surface area contributed by atoms with Gasteiger partial charge in [0.15, 0.2) is 0 Å². The molecule has 14 heavy (non-hydrogen) atoms. The first-order valence-corrected chi connectivity index (χ1v) is 5.10. The number of hydrogen-bond donors (Lipinski definition) is 1. The first-order chi connectivity index (χ1) is 6.75. The number of nitrogens with one attached hydrogen (secondary N) is 1. The minimum absolute atomic E-state index is 0.190. The van der Waals surface area contributed by atoms with Crippen LogP contribution in [0.2, 0.25) is 0 Å². The lowest BCUT2D eigenvalue weighted by Crippen LogP contribution is -2.48. The third kappa shape index (κ3) is 1.95. The van der Waals surface area contributed by atoms with Crippen LogP contribution in [0.15, 0.2) is 30.3 Å². The van der Waals surface area contributed by atoms with Crippen LogP contribution in [-0.4, -0.2) is 11.9 Å². The van der Waals surface area contributed by atoms with Crippen LogP contribution in [0.3, 0.4) is 0 Å². The van der Waals surface area contributed by atoms with Crippen LogP contribution < -0.4 is 5.32 Å². The number of rotatable bonds is 3. The van der Waals surface area contributed by atoms with Crippen molar-refractivity contribution in [3.63, 3.8) is 0 Å². The smallest absolute Gasteiger partial charge is 0.222 e. The van der Waals surface area contributed by atoms with Gasteiger partial charge in [-0.15, -0.1) is 0 Å². The predicted molar refractivity (Wildman–Crippen MR) is 56.0 cm³/mol. The minimum atomic E-state index is 0.190. The van der Waals surface area contributed by atoms with Crippen LogP contribution in [0.25, 0.3) is 0 Å². The van der Waals surface area contributed by atoms with Crippen molar-refractivity contribution >= 4 is 5.91 Å². The van der Waals surface area contributed by atoms with Crippen molar-refractivity contribution in [1.82, 2.24) is 5.32 Å². The van der Waals surface area contributed by atoms with Crippen LogP contribution in [0, 0.1) is 0 Å². The Bertz CT molecular complexity index is 312. The van der Waals surface area contributed by atoms with Crippen molar-refractivity contribution in [2.75, 3.05) is 0 Å². The summed E-state index contributed by atoms with van der Waals surface area (Å²) in [6.07, 6.45) is 1.76. The van der Waals surface area contributed by atoms with E-state index in [1.54, 1.807) is 0 Å². The second-order valence-corrected chi connectivity index (χ2v) is 4.02. The van der Waals surface area contributed by atoms with Gasteiger partial charge in [-0.05, 0) is 17.9 Å². The predicted octanol–water partition coefficient (Wildman–Crippen LogP) is 2.07. The molecule has 2 rings (SSSR count). The molecule has 1 fully saturated rings. The molecule has 2 atom stereocenters. The average Bonchev–Trinajstić information content (AvgIpc) is 2.17. The molecule has 0 radical (unpaired) electrons. The summed E-state index contributed by atoms with van der Waals surface area (Å²) in [4.78, 5) is 10.7. The third-order valence-corrected chi connectivity index (χ3v) is 2.80. The highest BCUT2D eigenvalue weighted by molar-refractivity contribution is 5.82. The van der Waals surface area contributed by atoms with Crippen molar-refractivity contribution in [1.29, 1.82) is 0 Å². The van der Waals surface area contributed by atoms with E-state index in [4.69, 9.17) is 0 Å². The highest BCUT2D eigenvalue weighted by Gasteiger charge is 2.26. The SMILES string of the molecule is CC(CC1CC(=O)N1)c1ccccc1. The molecular formula is C12H15NO. The Labute approximate surface area is 84.3 Å². The van der Waals surface area contributed by atoms with Crippen LogP contribution in [0.1, 0.15) is 31.2 Å². The van der Waals surface area contributed by atoms with Crippen LogP contribution in [-0.2, 0) is 4.79 Å². The zero-order valence-electron chi connectivity index (χ0n) is 8.36. The highest BCUT2D eigenvalue weighted by atomic mass is 16.2. The summed E-state index contributed by atoms with van der Waals surface area (Å²) < 4.78 is 0. The first-order valence-electron chi connectivity index (χ1n) is 5.10. The summed E-state index contributed by atoms with van der Waals surface area (Å²) in [7, 11) is 0. The molecule has 0 spiro atoms. The Balaban J connectivity index is 1.90. The zero-order valence-corrected chi connectivity index (χ0v) is 8.36. The molecule has 1 aromatic rings. The van der Waals surface area contributed by atoms with E-state index in [1.807, 2.05) is 6.07 Å². The average molecular weight is 189 g/mol. The van der Waals surface area contributed by atoms with Gasteiger partial charge in [0.1, 0.15) is 0 Å². The molecule has 2 nitrogen and oxygen atoms in total. The maximum atomic E-state index is 10.7. The zero-order chi connectivity index (χ0) is 9.97. The lowest BCUT2D eigenvalue weighted by molar-refractivity contribution is -0.128. The van der Waals surface area contributed by atoms with Crippen molar-refractivity contribution in [3.05, 3.63) is 35.9 Å². The monoisotopic (exact) mass is 189 g/mol. The molecule has 0 saturated carbocycles. The number of carbonyl (C=O) groups is 1. The number of hydrogen-bond acceptors (Lipinski definition) is 1. The molecule has 2 heteroatoms. The second-order valence-electron chi connectivity index (χ2n) is 4.02. The van der Waals surface area contributed by atoms with E-state index >= 15 is 0 Å². The quantitative estimate of drug-likeness (QED) is 0.724. The van der Waals surface area contributed by atoms with Gasteiger partial charge in [0, 0.05) is 12.5 Å². The van der Waals surface area contributed by atoms with Gasteiger partial charge in [0.05, 0.1) is 0 Å². The van der Waals surface area contributed by atoms with E-state index in [2.05, 4.69) is 36.5 Å². The molecule has 1 heterocycles. The van der Waals surface area contributed by atoms with Crippen LogP contribution in [0.5, 0.6) is 0 Å². The summed E-state index contributed by atoms with van der Waals surface area (Å²) in [5.74, 6) is 0.720. The van der Waals surface area contributed by atoms with E-state index in [0.29, 0.717) is 18.4 Å². The van der Waals surface area contributed by atoms with Gasteiger partial charge in [-0.2, -0.15) is 0 Å². The fourth-order valence-electron chi connectivity index (χ4n) is 1.92. The van der Waals surface area contributed by atoms with E-state index < -0.39 is 0 Å². The van der Waals surface area contributed by atoms with Gasteiger partial charge < -0.3 is 5.32 Å². The Morgan fingerprint density at radius 3 is 2.64 bits per heavy atom. The summed E-state index contributed by atoms with van der Waals surface area (Å²) >= 11 is 0. The maximum Gasteiger partial charge on any atom is 0.222 e. The molecule has 0 bridgehead atoms. The van der Waals surface area contributed by atoms with Crippen molar-refractivity contribution in [2.45, 2.75) is 31.7 Å². The van der Waals surface area contributed by atoms with Crippen molar-refractivity contribution < 1.29 is 4.79 Å². The summed E-state index contributed by atoms with van der Waals surface area (Å²) in [6.45, 7) is 2.21. The van der Waals surface area contributed by atoms with E-state index in [1.165, 1.54) is 5.56 Å². The Hall–Kier alpha value is -1.31. The molecule has 0 aliphatic carbocycles. The number of amides is 1. The highest BCUT2D eigenvalue weighted by Crippen LogP contribution is 2.23. The standard InChI is InChI=1S/C12H15NO/c1-9(7-11-8-12(14)13-11)10-5-3-2-4-6-10/h2-6,9,11H,7-8H2,1H3,(H,13,14). The molecule has 1 N–H and O–H groups in total. The fourth-order valence-corrected chi connectivity index (χ4v) is 1.92. The summed E-state index contributed by atoms with van der Waals surface area (Å²) in [6, 6.07) is 10.8. The number of carbonyl (C=O) groups excluding carboxylic acids is 1. The van der Waals surface area contributed by atoms with Crippen LogP contribution in [0.4, 0.5) is 0 Å². The van der Waals surface area contributed by atoms with Gasteiger partial charge in [0.2, 0.25) is 5.91 Å². The fraction of sp³-hybridized carbons (Fsp3) is 0.417. The molecule has 1 aliphatic heterocycles.